The SMILES string of the molecule is COc1cc(-c2cc([C@@H](C)O)ccc2Cl)cc2c1c(=O)n(Cc1ncn(C)n1)c(=O)n2Cc1cc(F)c(F)c(F)c1. The van der Waals surface area contributed by atoms with Crippen molar-refractivity contribution in [2.75, 3.05) is 7.11 Å². The van der Waals surface area contributed by atoms with Gasteiger partial charge >= 0.3 is 5.69 Å². The van der Waals surface area contributed by atoms with E-state index in [0.29, 0.717) is 21.7 Å². The molecular formula is C28H23ClF3N5O4. The van der Waals surface area contributed by atoms with Crippen molar-refractivity contribution in [3.05, 3.63) is 109 Å². The van der Waals surface area contributed by atoms with Crippen LogP contribution < -0.4 is 16.0 Å². The molecule has 0 amide bonds. The van der Waals surface area contributed by atoms with Crippen molar-refractivity contribution in [2.24, 2.45) is 7.05 Å². The molecular weight excluding hydrogens is 563 g/mol. The van der Waals surface area contributed by atoms with Gasteiger partial charge in [-0.3, -0.25) is 18.6 Å². The molecule has 5 rings (SSSR count). The molecule has 0 aliphatic heterocycles. The molecule has 0 radical (unpaired) electrons. The van der Waals surface area contributed by atoms with Gasteiger partial charge in [-0.1, -0.05) is 17.7 Å². The number of fused-ring (bicyclic) bond motifs is 1. The number of aliphatic hydroxyl groups excluding tert-OH is 1. The minimum Gasteiger partial charge on any atom is -0.496 e. The number of rotatable bonds is 7. The average molecular weight is 586 g/mol. The Morgan fingerprint density at radius 3 is 2.34 bits per heavy atom. The lowest BCUT2D eigenvalue weighted by Gasteiger charge is -2.18. The van der Waals surface area contributed by atoms with Crippen molar-refractivity contribution in [3.63, 3.8) is 0 Å². The van der Waals surface area contributed by atoms with E-state index in [0.717, 1.165) is 21.3 Å². The Morgan fingerprint density at radius 1 is 1.02 bits per heavy atom. The van der Waals surface area contributed by atoms with Crippen LogP contribution in [0.25, 0.3) is 22.0 Å². The van der Waals surface area contributed by atoms with E-state index in [1.54, 1.807) is 38.2 Å². The molecule has 0 fully saturated rings. The Bertz CT molecular complexity index is 1910. The van der Waals surface area contributed by atoms with Gasteiger partial charge in [-0.15, -0.1) is 0 Å². The van der Waals surface area contributed by atoms with Crippen LogP contribution in [0.2, 0.25) is 5.02 Å². The maximum atomic E-state index is 14.1. The fourth-order valence-corrected chi connectivity index (χ4v) is 4.84. The van der Waals surface area contributed by atoms with E-state index in [1.807, 2.05) is 0 Å². The van der Waals surface area contributed by atoms with Gasteiger partial charge in [0, 0.05) is 17.6 Å². The first-order chi connectivity index (χ1) is 19.5. The molecule has 1 atom stereocenters. The molecule has 2 aromatic heterocycles. The van der Waals surface area contributed by atoms with Gasteiger partial charge in [-0.25, -0.2) is 22.9 Å². The lowest BCUT2D eigenvalue weighted by molar-refractivity contribution is 0.199. The second-order valence-electron chi connectivity index (χ2n) is 9.46. The highest BCUT2D eigenvalue weighted by molar-refractivity contribution is 6.33. The zero-order valence-electron chi connectivity index (χ0n) is 22.0. The number of aryl methyl sites for hydroxylation is 1. The second-order valence-corrected chi connectivity index (χ2v) is 9.86. The number of methoxy groups -OCH3 is 1. The van der Waals surface area contributed by atoms with Crippen LogP contribution in [-0.2, 0) is 20.1 Å². The van der Waals surface area contributed by atoms with E-state index in [1.165, 1.54) is 24.2 Å². The Labute approximate surface area is 235 Å². The summed E-state index contributed by atoms with van der Waals surface area (Å²) in [4.78, 5) is 31.6. The zero-order valence-corrected chi connectivity index (χ0v) is 22.8. The van der Waals surface area contributed by atoms with Crippen molar-refractivity contribution < 1.29 is 23.0 Å². The van der Waals surface area contributed by atoms with Crippen molar-refractivity contribution in [1.29, 1.82) is 0 Å². The molecule has 3 aromatic carbocycles. The Balaban J connectivity index is 1.83. The second kappa shape index (κ2) is 10.9. The first kappa shape index (κ1) is 28.1. The molecule has 0 aliphatic rings. The zero-order chi connectivity index (χ0) is 29.6. The first-order valence-corrected chi connectivity index (χ1v) is 12.7. The van der Waals surface area contributed by atoms with E-state index in [4.69, 9.17) is 16.3 Å². The quantitative estimate of drug-likeness (QED) is 0.287. The molecule has 0 unspecified atom stereocenters. The number of nitrogens with zero attached hydrogens (tertiary/aromatic N) is 5. The van der Waals surface area contributed by atoms with Crippen LogP contribution in [0.4, 0.5) is 13.2 Å². The third-order valence-corrected chi connectivity index (χ3v) is 6.96. The molecule has 13 heteroatoms. The largest absolute Gasteiger partial charge is 0.496 e. The van der Waals surface area contributed by atoms with E-state index < -0.39 is 41.3 Å². The van der Waals surface area contributed by atoms with Crippen LogP contribution in [0.1, 0.15) is 30.0 Å². The highest BCUT2D eigenvalue weighted by Crippen LogP contribution is 2.36. The normalized spacial score (nSPS) is 12.2. The van der Waals surface area contributed by atoms with E-state index >= 15 is 0 Å². The highest BCUT2D eigenvalue weighted by Gasteiger charge is 2.22. The number of hydrogen-bond donors (Lipinski definition) is 1. The molecule has 9 nitrogen and oxygen atoms in total. The summed E-state index contributed by atoms with van der Waals surface area (Å²) in [6, 6.07) is 9.55. The lowest BCUT2D eigenvalue weighted by Crippen LogP contribution is -2.41. The third kappa shape index (κ3) is 5.23. The first-order valence-electron chi connectivity index (χ1n) is 12.3. The van der Waals surface area contributed by atoms with Crippen LogP contribution in [0.3, 0.4) is 0 Å². The minimum absolute atomic E-state index is 0.00219. The van der Waals surface area contributed by atoms with Crippen LogP contribution in [0.15, 0.2) is 58.4 Å². The van der Waals surface area contributed by atoms with Gasteiger partial charge in [-0.05, 0) is 60.0 Å². The topological polar surface area (TPSA) is 104 Å². The molecule has 0 bridgehead atoms. The fourth-order valence-electron chi connectivity index (χ4n) is 4.61. The van der Waals surface area contributed by atoms with Gasteiger partial charge in [0.05, 0.1) is 31.8 Å². The Morgan fingerprint density at radius 2 is 1.73 bits per heavy atom. The number of ether oxygens (including phenoxy) is 1. The summed E-state index contributed by atoms with van der Waals surface area (Å²) in [5.74, 6) is -4.23. The van der Waals surface area contributed by atoms with Crippen molar-refractivity contribution in [3.8, 4) is 16.9 Å². The van der Waals surface area contributed by atoms with Crippen molar-refractivity contribution >= 4 is 22.5 Å². The summed E-state index contributed by atoms with van der Waals surface area (Å²) in [5, 5.41) is 14.6. The smallest absolute Gasteiger partial charge is 0.332 e. The predicted molar refractivity (Wildman–Crippen MR) is 146 cm³/mol. The maximum absolute atomic E-state index is 14.1. The summed E-state index contributed by atoms with van der Waals surface area (Å²) in [7, 11) is 2.97. The van der Waals surface area contributed by atoms with Gasteiger partial charge in [0.25, 0.3) is 5.56 Å². The number of benzene rings is 3. The Kier molecular flexibility index (Phi) is 7.45. The monoisotopic (exact) mass is 585 g/mol. The molecule has 0 saturated heterocycles. The number of aliphatic hydroxyl groups is 1. The summed E-state index contributed by atoms with van der Waals surface area (Å²) in [6.45, 7) is 0.868. The fraction of sp³-hybridized carbons (Fsp3) is 0.214. The van der Waals surface area contributed by atoms with Gasteiger partial charge in [0.1, 0.15) is 17.5 Å². The lowest BCUT2D eigenvalue weighted by atomic mass is 9.99. The molecule has 1 N–H and O–H groups in total. The summed E-state index contributed by atoms with van der Waals surface area (Å²) in [5.41, 5.74) is -0.0513. The van der Waals surface area contributed by atoms with Crippen molar-refractivity contribution in [1.82, 2.24) is 23.9 Å². The third-order valence-electron chi connectivity index (χ3n) is 6.63. The molecule has 2 heterocycles. The van der Waals surface area contributed by atoms with Crippen molar-refractivity contribution in [2.45, 2.75) is 26.1 Å². The molecule has 212 valence electrons. The standard InChI is InChI=1S/C28H23ClF3N5O4/c1-14(38)16-4-5-19(29)18(8-16)17-9-22-25(23(10-17)41-3)27(39)37(12-24-33-13-35(2)34-24)28(40)36(22)11-15-6-20(30)26(32)21(31)7-15/h4-10,13-14,38H,11-12H2,1-3H3/t14-/m1/s1. The predicted octanol–water partition coefficient (Wildman–Crippen LogP) is 4.19. The molecule has 41 heavy (non-hydrogen) atoms. The Hall–Kier alpha value is -4.42. The summed E-state index contributed by atoms with van der Waals surface area (Å²) < 4.78 is 50.9. The van der Waals surface area contributed by atoms with E-state index in [-0.39, 0.29) is 34.6 Å². The van der Waals surface area contributed by atoms with Gasteiger partial charge in [0.2, 0.25) is 0 Å². The molecule has 0 aliphatic carbocycles. The number of aromatic nitrogens is 5. The van der Waals surface area contributed by atoms with E-state index in [2.05, 4.69) is 10.1 Å². The summed E-state index contributed by atoms with van der Waals surface area (Å²) >= 11 is 6.49. The van der Waals surface area contributed by atoms with Gasteiger partial charge in [0.15, 0.2) is 23.3 Å². The maximum Gasteiger partial charge on any atom is 0.332 e. The summed E-state index contributed by atoms with van der Waals surface area (Å²) in [6.07, 6.45) is 0.601. The van der Waals surface area contributed by atoms with Gasteiger partial charge in [-0.2, -0.15) is 5.10 Å². The highest BCUT2D eigenvalue weighted by atomic mass is 35.5. The average Bonchev–Trinajstić information content (AvgIpc) is 3.35. The molecule has 5 aromatic rings. The van der Waals surface area contributed by atoms with Crippen LogP contribution >= 0.6 is 11.6 Å². The van der Waals surface area contributed by atoms with Crippen LogP contribution in [-0.4, -0.2) is 36.1 Å². The number of hydrogen-bond acceptors (Lipinski definition) is 6. The molecule has 0 saturated carbocycles. The van der Waals surface area contributed by atoms with E-state index in [9.17, 15) is 27.9 Å². The van der Waals surface area contributed by atoms with Gasteiger partial charge < -0.3 is 9.84 Å². The van der Waals surface area contributed by atoms with Crippen LogP contribution in [0.5, 0.6) is 5.75 Å². The number of halogens is 4. The molecule has 0 spiro atoms. The minimum atomic E-state index is -1.64. The van der Waals surface area contributed by atoms with Crippen LogP contribution in [0, 0.1) is 17.5 Å².